The number of benzene rings is 1. The summed E-state index contributed by atoms with van der Waals surface area (Å²) in [6.07, 6.45) is 2.91. The van der Waals surface area contributed by atoms with Crippen molar-refractivity contribution in [3.05, 3.63) is 41.9 Å². The Balaban J connectivity index is 1.73. The molecule has 0 aliphatic heterocycles. The van der Waals surface area contributed by atoms with Gasteiger partial charge in [0, 0.05) is 12.1 Å². The molecule has 0 radical (unpaired) electrons. The van der Waals surface area contributed by atoms with Gasteiger partial charge in [0.2, 0.25) is 5.91 Å². The molecule has 1 aromatic carbocycles. The molecule has 6 nitrogen and oxygen atoms in total. The molecule has 0 spiro atoms. The molecule has 0 N–H and O–H groups in total. The maximum absolute atomic E-state index is 11.9. The largest absolute Gasteiger partial charge is 0.492 e. The Hall–Kier alpha value is -2.08. The molecule has 0 atom stereocenters. The minimum atomic E-state index is -0.0461. The van der Waals surface area contributed by atoms with Crippen molar-refractivity contribution < 1.29 is 9.53 Å². The Morgan fingerprint density at radius 2 is 2.15 bits per heavy atom. The molecule has 7 heteroatoms. The van der Waals surface area contributed by atoms with E-state index in [9.17, 15) is 4.79 Å². The molecule has 0 aliphatic rings. The third kappa shape index (κ3) is 4.24. The van der Waals surface area contributed by atoms with Gasteiger partial charge in [-0.2, -0.15) is 5.10 Å². The summed E-state index contributed by atoms with van der Waals surface area (Å²) in [7, 11) is 1.73. The smallest absolute Gasteiger partial charge is 0.244 e. The summed E-state index contributed by atoms with van der Waals surface area (Å²) in [5.41, 5.74) is 0. The van der Waals surface area contributed by atoms with Crippen LogP contribution in [0.3, 0.4) is 0 Å². The van der Waals surface area contributed by atoms with Gasteiger partial charge in [-0.15, -0.1) is 0 Å². The van der Waals surface area contributed by atoms with Crippen LogP contribution in [0.2, 0.25) is 5.02 Å². The number of hydrogen-bond donors (Lipinski definition) is 0. The molecular weight excluding hydrogens is 280 g/mol. The van der Waals surface area contributed by atoms with Crippen molar-refractivity contribution >= 4 is 17.5 Å². The molecule has 1 amide bonds. The number of aromatic nitrogens is 3. The monoisotopic (exact) mass is 294 g/mol. The van der Waals surface area contributed by atoms with Crippen molar-refractivity contribution in [1.29, 1.82) is 0 Å². The number of halogens is 1. The van der Waals surface area contributed by atoms with Crippen LogP contribution in [0.5, 0.6) is 5.75 Å². The number of ether oxygens (including phenoxy) is 1. The Kier molecular flexibility index (Phi) is 4.95. The first-order valence-corrected chi connectivity index (χ1v) is 6.47. The van der Waals surface area contributed by atoms with Crippen LogP contribution >= 0.6 is 11.6 Å². The summed E-state index contributed by atoms with van der Waals surface area (Å²) in [5, 5.41) is 4.55. The highest BCUT2D eigenvalue weighted by atomic mass is 35.5. The standard InChI is InChI=1S/C13H15ClN4O2/c1-17(13(19)8-18-10-15-9-16-18)6-7-20-12-4-2-11(14)3-5-12/h2-5,9-10H,6-8H2,1H3. The third-order valence-corrected chi connectivity index (χ3v) is 2.95. The van der Waals surface area contributed by atoms with Crippen molar-refractivity contribution in [1.82, 2.24) is 19.7 Å². The second-order valence-electron chi connectivity index (χ2n) is 4.21. The second kappa shape index (κ2) is 6.91. The lowest BCUT2D eigenvalue weighted by Crippen LogP contribution is -2.33. The first-order chi connectivity index (χ1) is 9.65. The molecule has 2 rings (SSSR count). The number of carbonyl (C=O) groups excluding carboxylic acids is 1. The van der Waals surface area contributed by atoms with Gasteiger partial charge < -0.3 is 9.64 Å². The van der Waals surface area contributed by atoms with Gasteiger partial charge in [-0.25, -0.2) is 9.67 Å². The fourth-order valence-corrected chi connectivity index (χ4v) is 1.66. The first-order valence-electron chi connectivity index (χ1n) is 6.10. The van der Waals surface area contributed by atoms with E-state index < -0.39 is 0 Å². The van der Waals surface area contributed by atoms with Crippen molar-refractivity contribution in [2.24, 2.45) is 0 Å². The lowest BCUT2D eigenvalue weighted by molar-refractivity contribution is -0.131. The zero-order valence-corrected chi connectivity index (χ0v) is 11.8. The minimum Gasteiger partial charge on any atom is -0.492 e. The molecule has 0 unspecified atom stereocenters. The van der Waals surface area contributed by atoms with Crippen LogP contribution in [-0.4, -0.2) is 45.8 Å². The Morgan fingerprint density at radius 3 is 2.80 bits per heavy atom. The van der Waals surface area contributed by atoms with Gasteiger partial charge in [0.25, 0.3) is 0 Å². The van der Waals surface area contributed by atoms with Gasteiger partial charge in [-0.1, -0.05) is 11.6 Å². The van der Waals surface area contributed by atoms with Crippen LogP contribution in [0.25, 0.3) is 0 Å². The predicted molar refractivity (Wildman–Crippen MR) is 74.6 cm³/mol. The molecule has 1 heterocycles. The van der Waals surface area contributed by atoms with E-state index in [0.29, 0.717) is 18.2 Å². The van der Waals surface area contributed by atoms with E-state index in [0.717, 1.165) is 5.75 Å². The molecule has 0 aliphatic carbocycles. The first kappa shape index (κ1) is 14.3. The average Bonchev–Trinajstić information content (AvgIpc) is 2.93. The summed E-state index contributed by atoms with van der Waals surface area (Å²) >= 11 is 5.78. The topological polar surface area (TPSA) is 60.2 Å². The molecule has 0 fully saturated rings. The maximum atomic E-state index is 11.9. The van der Waals surface area contributed by atoms with E-state index in [1.165, 1.54) is 17.3 Å². The van der Waals surface area contributed by atoms with Crippen molar-refractivity contribution in [3.8, 4) is 5.75 Å². The lowest BCUT2D eigenvalue weighted by atomic mass is 10.3. The normalized spacial score (nSPS) is 10.3. The van der Waals surface area contributed by atoms with Gasteiger partial charge in [-0.05, 0) is 24.3 Å². The third-order valence-electron chi connectivity index (χ3n) is 2.70. The fraction of sp³-hybridized carbons (Fsp3) is 0.308. The maximum Gasteiger partial charge on any atom is 0.244 e. The van der Waals surface area contributed by atoms with Crippen LogP contribution in [0.15, 0.2) is 36.9 Å². The van der Waals surface area contributed by atoms with E-state index in [4.69, 9.17) is 16.3 Å². The van der Waals surface area contributed by atoms with Crippen molar-refractivity contribution in [2.45, 2.75) is 6.54 Å². The van der Waals surface area contributed by atoms with E-state index >= 15 is 0 Å². The fourth-order valence-electron chi connectivity index (χ4n) is 1.53. The highest BCUT2D eigenvalue weighted by Gasteiger charge is 2.09. The zero-order chi connectivity index (χ0) is 14.4. The minimum absolute atomic E-state index is 0.0461. The molecule has 1 aromatic heterocycles. The van der Waals surface area contributed by atoms with Crippen LogP contribution in [0.4, 0.5) is 0 Å². The number of hydrogen-bond acceptors (Lipinski definition) is 4. The Bertz CT molecular complexity index is 542. The van der Waals surface area contributed by atoms with Gasteiger partial charge in [0.15, 0.2) is 0 Å². The second-order valence-corrected chi connectivity index (χ2v) is 4.65. The van der Waals surface area contributed by atoms with Gasteiger partial charge in [-0.3, -0.25) is 4.79 Å². The van der Waals surface area contributed by atoms with Gasteiger partial charge >= 0.3 is 0 Å². The molecule has 0 bridgehead atoms. The zero-order valence-electron chi connectivity index (χ0n) is 11.1. The van der Waals surface area contributed by atoms with Gasteiger partial charge in [0.1, 0.15) is 31.6 Å². The molecule has 0 saturated carbocycles. The SMILES string of the molecule is CN(CCOc1ccc(Cl)cc1)C(=O)Cn1cncn1. The van der Waals surface area contributed by atoms with E-state index in [1.54, 1.807) is 36.2 Å². The van der Waals surface area contributed by atoms with Crippen LogP contribution in [0, 0.1) is 0 Å². The number of likely N-dealkylation sites (N-methyl/N-ethyl adjacent to an activating group) is 1. The molecule has 20 heavy (non-hydrogen) atoms. The van der Waals surface area contributed by atoms with Crippen LogP contribution in [0.1, 0.15) is 0 Å². The Labute approximate surface area is 121 Å². The number of amides is 1. The molecule has 0 saturated heterocycles. The lowest BCUT2D eigenvalue weighted by Gasteiger charge is -2.17. The number of carbonyl (C=O) groups is 1. The van der Waals surface area contributed by atoms with E-state index in [-0.39, 0.29) is 12.5 Å². The quantitative estimate of drug-likeness (QED) is 0.809. The molecule has 2 aromatic rings. The number of rotatable bonds is 6. The average molecular weight is 295 g/mol. The highest BCUT2D eigenvalue weighted by Crippen LogP contribution is 2.15. The molecular formula is C13H15ClN4O2. The van der Waals surface area contributed by atoms with Crippen LogP contribution < -0.4 is 4.74 Å². The van der Waals surface area contributed by atoms with Crippen LogP contribution in [-0.2, 0) is 11.3 Å². The summed E-state index contributed by atoms with van der Waals surface area (Å²) in [5.74, 6) is 0.682. The Morgan fingerprint density at radius 1 is 1.40 bits per heavy atom. The van der Waals surface area contributed by atoms with E-state index in [2.05, 4.69) is 10.1 Å². The number of nitrogens with zero attached hydrogens (tertiary/aromatic N) is 4. The van der Waals surface area contributed by atoms with Crippen molar-refractivity contribution in [3.63, 3.8) is 0 Å². The molecule has 106 valence electrons. The van der Waals surface area contributed by atoms with Crippen molar-refractivity contribution in [2.75, 3.05) is 20.2 Å². The summed E-state index contributed by atoms with van der Waals surface area (Å²) in [6, 6.07) is 7.10. The highest BCUT2D eigenvalue weighted by molar-refractivity contribution is 6.30. The van der Waals surface area contributed by atoms with Gasteiger partial charge in [0.05, 0.1) is 6.54 Å². The van der Waals surface area contributed by atoms with E-state index in [1.807, 2.05) is 0 Å². The summed E-state index contributed by atoms with van der Waals surface area (Å²) in [4.78, 5) is 17.2. The predicted octanol–water partition coefficient (Wildman–Crippen LogP) is 1.47. The summed E-state index contributed by atoms with van der Waals surface area (Å²) in [6.45, 7) is 1.09. The summed E-state index contributed by atoms with van der Waals surface area (Å²) < 4.78 is 7.01.